The number of nitrogens with one attached hydrogen (secondary N) is 1. The number of carbonyl (C=O) groups is 1. The minimum atomic E-state index is -0.347. The molecule has 0 aliphatic carbocycles. The molecule has 0 aliphatic rings. The molecule has 2 aromatic carbocycles. The molecule has 27 heavy (non-hydrogen) atoms. The van der Waals surface area contributed by atoms with E-state index in [-0.39, 0.29) is 5.97 Å². The van der Waals surface area contributed by atoms with E-state index in [4.69, 9.17) is 9.26 Å². The number of nitrogens with zero attached hydrogens (tertiary/aromatic N) is 2. The lowest BCUT2D eigenvalue weighted by Crippen LogP contribution is -2.00. The molecule has 0 bridgehead atoms. The second kappa shape index (κ2) is 8.80. The maximum Gasteiger partial charge on any atom is 0.330 e. The number of anilines is 1. The van der Waals surface area contributed by atoms with Gasteiger partial charge in [-0.25, -0.2) is 4.79 Å². The van der Waals surface area contributed by atoms with E-state index in [0.29, 0.717) is 24.9 Å². The Labute approximate surface area is 157 Å². The van der Waals surface area contributed by atoms with Crippen LogP contribution >= 0.6 is 0 Å². The van der Waals surface area contributed by atoms with Crippen molar-refractivity contribution >= 4 is 17.7 Å². The van der Waals surface area contributed by atoms with Crippen LogP contribution in [0.1, 0.15) is 23.9 Å². The summed E-state index contributed by atoms with van der Waals surface area (Å²) in [6, 6.07) is 15.6. The Morgan fingerprint density at radius 3 is 2.59 bits per heavy atom. The van der Waals surface area contributed by atoms with Crippen molar-refractivity contribution in [2.45, 2.75) is 20.4 Å². The monoisotopic (exact) mass is 363 g/mol. The van der Waals surface area contributed by atoms with Crippen LogP contribution in [-0.2, 0) is 16.1 Å². The van der Waals surface area contributed by atoms with E-state index >= 15 is 0 Å². The Balaban J connectivity index is 1.56. The molecule has 0 amide bonds. The van der Waals surface area contributed by atoms with Crippen molar-refractivity contribution in [2.24, 2.45) is 0 Å². The van der Waals surface area contributed by atoms with E-state index in [2.05, 4.69) is 15.5 Å². The molecule has 0 atom stereocenters. The average molecular weight is 363 g/mol. The molecule has 3 aromatic rings. The standard InChI is InChI=1S/C21H21N3O3/c1-3-26-20(25)13-8-16-6-11-18(12-7-16)22-14-19-23-21(24-27-19)17-9-4-15(2)5-10-17/h4-13,22H,3,14H2,1-2H3/b13-8+. The number of rotatable bonds is 7. The van der Waals surface area contributed by atoms with Gasteiger partial charge in [0.25, 0.3) is 0 Å². The summed E-state index contributed by atoms with van der Waals surface area (Å²) in [6.07, 6.45) is 3.13. The molecule has 0 unspecified atom stereocenters. The van der Waals surface area contributed by atoms with Gasteiger partial charge in [0.15, 0.2) is 0 Å². The zero-order chi connectivity index (χ0) is 19.1. The molecule has 0 aliphatic heterocycles. The second-order valence-electron chi connectivity index (χ2n) is 5.94. The van der Waals surface area contributed by atoms with Crippen LogP contribution in [-0.4, -0.2) is 22.7 Å². The molecule has 1 heterocycles. The maximum atomic E-state index is 11.3. The van der Waals surface area contributed by atoms with Crippen molar-refractivity contribution in [1.29, 1.82) is 0 Å². The van der Waals surface area contributed by atoms with Crippen molar-refractivity contribution in [3.63, 3.8) is 0 Å². The van der Waals surface area contributed by atoms with Gasteiger partial charge >= 0.3 is 5.97 Å². The molecule has 3 rings (SSSR count). The minimum Gasteiger partial charge on any atom is -0.463 e. The van der Waals surface area contributed by atoms with Crippen LogP contribution in [0.15, 0.2) is 59.1 Å². The first-order valence-corrected chi connectivity index (χ1v) is 8.72. The Hall–Kier alpha value is -3.41. The summed E-state index contributed by atoms with van der Waals surface area (Å²) in [5.74, 6) is 0.739. The zero-order valence-electron chi connectivity index (χ0n) is 15.3. The highest BCUT2D eigenvalue weighted by atomic mass is 16.5. The van der Waals surface area contributed by atoms with Gasteiger partial charge in [0.2, 0.25) is 11.7 Å². The molecule has 0 saturated carbocycles. The van der Waals surface area contributed by atoms with Gasteiger partial charge in [-0.2, -0.15) is 4.98 Å². The fraction of sp³-hybridized carbons (Fsp3) is 0.190. The first-order valence-electron chi connectivity index (χ1n) is 8.72. The number of aryl methyl sites for hydroxylation is 1. The quantitative estimate of drug-likeness (QED) is 0.500. The molecular weight excluding hydrogens is 342 g/mol. The van der Waals surface area contributed by atoms with Crippen LogP contribution in [0.25, 0.3) is 17.5 Å². The van der Waals surface area contributed by atoms with E-state index in [1.54, 1.807) is 13.0 Å². The average Bonchev–Trinajstić information content (AvgIpc) is 3.15. The third-order valence-corrected chi connectivity index (χ3v) is 3.83. The minimum absolute atomic E-state index is 0.347. The van der Waals surface area contributed by atoms with E-state index in [9.17, 15) is 4.79 Å². The smallest absolute Gasteiger partial charge is 0.330 e. The molecule has 6 nitrogen and oxygen atoms in total. The lowest BCUT2D eigenvalue weighted by Gasteiger charge is -2.03. The Bertz CT molecular complexity index is 913. The predicted molar refractivity (Wildman–Crippen MR) is 104 cm³/mol. The van der Waals surface area contributed by atoms with Crippen molar-refractivity contribution < 1.29 is 14.1 Å². The van der Waals surface area contributed by atoms with Gasteiger partial charge in [-0.05, 0) is 37.6 Å². The third kappa shape index (κ3) is 5.28. The number of carbonyl (C=O) groups excluding carboxylic acids is 1. The Morgan fingerprint density at radius 2 is 1.89 bits per heavy atom. The van der Waals surface area contributed by atoms with Crippen molar-refractivity contribution in [1.82, 2.24) is 10.1 Å². The number of hydrogen-bond acceptors (Lipinski definition) is 6. The number of aromatic nitrogens is 2. The van der Waals surface area contributed by atoms with Crippen LogP contribution in [0, 0.1) is 6.92 Å². The number of ether oxygens (including phenoxy) is 1. The number of esters is 1. The second-order valence-corrected chi connectivity index (χ2v) is 5.94. The Kier molecular flexibility index (Phi) is 5.99. The van der Waals surface area contributed by atoms with Gasteiger partial charge in [0.1, 0.15) is 0 Å². The molecule has 1 aromatic heterocycles. The predicted octanol–water partition coefficient (Wildman–Crippen LogP) is 4.23. The Morgan fingerprint density at radius 1 is 1.15 bits per heavy atom. The fourth-order valence-corrected chi connectivity index (χ4v) is 2.39. The van der Waals surface area contributed by atoms with Gasteiger partial charge in [0, 0.05) is 17.3 Å². The highest BCUT2D eigenvalue weighted by molar-refractivity contribution is 5.87. The lowest BCUT2D eigenvalue weighted by atomic mass is 10.1. The van der Waals surface area contributed by atoms with Gasteiger partial charge < -0.3 is 14.6 Å². The van der Waals surface area contributed by atoms with Gasteiger partial charge in [-0.3, -0.25) is 0 Å². The van der Waals surface area contributed by atoms with Crippen LogP contribution in [0.3, 0.4) is 0 Å². The number of hydrogen-bond donors (Lipinski definition) is 1. The van der Waals surface area contributed by atoms with E-state index < -0.39 is 0 Å². The van der Waals surface area contributed by atoms with Crippen LogP contribution in [0.4, 0.5) is 5.69 Å². The van der Waals surface area contributed by atoms with Crippen molar-refractivity contribution in [2.75, 3.05) is 11.9 Å². The molecule has 1 N–H and O–H groups in total. The van der Waals surface area contributed by atoms with E-state index in [1.807, 2.05) is 55.5 Å². The maximum absolute atomic E-state index is 11.3. The lowest BCUT2D eigenvalue weighted by molar-refractivity contribution is -0.137. The van der Waals surface area contributed by atoms with Gasteiger partial charge in [-0.15, -0.1) is 0 Å². The first kappa shape index (κ1) is 18.4. The van der Waals surface area contributed by atoms with Crippen molar-refractivity contribution in [3.8, 4) is 11.4 Å². The van der Waals surface area contributed by atoms with Crippen LogP contribution in [0.2, 0.25) is 0 Å². The normalized spacial score (nSPS) is 10.9. The van der Waals surface area contributed by atoms with E-state index in [0.717, 1.165) is 16.8 Å². The zero-order valence-corrected chi connectivity index (χ0v) is 15.3. The van der Waals surface area contributed by atoms with Crippen LogP contribution in [0.5, 0.6) is 0 Å². The summed E-state index contributed by atoms with van der Waals surface area (Å²) < 4.78 is 10.1. The molecular formula is C21H21N3O3. The SMILES string of the molecule is CCOC(=O)/C=C/c1ccc(NCc2nc(-c3ccc(C)cc3)no2)cc1. The van der Waals surface area contributed by atoms with E-state index in [1.165, 1.54) is 11.6 Å². The molecule has 6 heteroatoms. The summed E-state index contributed by atoms with van der Waals surface area (Å²) in [5, 5.41) is 7.25. The topological polar surface area (TPSA) is 77.2 Å². The summed E-state index contributed by atoms with van der Waals surface area (Å²) in [7, 11) is 0. The highest BCUT2D eigenvalue weighted by Crippen LogP contribution is 2.17. The summed E-state index contributed by atoms with van der Waals surface area (Å²) in [6.45, 7) is 4.61. The first-order chi connectivity index (χ1) is 13.1. The van der Waals surface area contributed by atoms with Gasteiger partial charge in [-0.1, -0.05) is 47.1 Å². The molecule has 0 saturated heterocycles. The molecule has 0 spiro atoms. The molecule has 138 valence electrons. The summed E-state index contributed by atoms with van der Waals surface area (Å²) in [5.41, 5.74) is 3.93. The summed E-state index contributed by atoms with van der Waals surface area (Å²) in [4.78, 5) is 15.7. The highest BCUT2D eigenvalue weighted by Gasteiger charge is 2.08. The third-order valence-electron chi connectivity index (χ3n) is 3.83. The molecule has 0 fully saturated rings. The number of benzene rings is 2. The summed E-state index contributed by atoms with van der Waals surface area (Å²) >= 11 is 0. The molecule has 0 radical (unpaired) electrons. The fourth-order valence-electron chi connectivity index (χ4n) is 2.39. The van der Waals surface area contributed by atoms with Crippen LogP contribution < -0.4 is 5.32 Å². The largest absolute Gasteiger partial charge is 0.463 e. The van der Waals surface area contributed by atoms with Crippen molar-refractivity contribution in [3.05, 3.63) is 71.6 Å². The van der Waals surface area contributed by atoms with Gasteiger partial charge in [0.05, 0.1) is 13.2 Å².